The summed E-state index contributed by atoms with van der Waals surface area (Å²) in [6, 6.07) is 15.2. The number of methoxy groups -OCH3 is 2. The maximum absolute atomic E-state index is 13.6. The number of ether oxygens (including phenoxy) is 3. The summed E-state index contributed by atoms with van der Waals surface area (Å²) in [6.07, 6.45) is 2.83. The fourth-order valence-corrected chi connectivity index (χ4v) is 4.85. The lowest BCUT2D eigenvalue weighted by atomic mass is 10.1. The van der Waals surface area contributed by atoms with Crippen LogP contribution in [0.2, 0.25) is 0 Å². The predicted octanol–water partition coefficient (Wildman–Crippen LogP) is 4.54. The summed E-state index contributed by atoms with van der Waals surface area (Å²) in [5.74, 6) is 0.286. The molecule has 4 rings (SSSR count). The molecule has 4 aromatic rings. The minimum atomic E-state index is -4.24. The van der Waals surface area contributed by atoms with Crippen LogP contribution in [0.3, 0.4) is 0 Å². The predicted molar refractivity (Wildman–Crippen MR) is 139 cm³/mol. The number of hydrogen-bond acceptors (Lipinski definition) is 10. The van der Waals surface area contributed by atoms with Gasteiger partial charge in [-0.2, -0.15) is 18.7 Å². The van der Waals surface area contributed by atoms with E-state index in [-0.39, 0.29) is 45.7 Å². The third-order valence-electron chi connectivity index (χ3n) is 5.35. The number of anilines is 1. The van der Waals surface area contributed by atoms with Crippen molar-refractivity contribution in [1.82, 2.24) is 19.9 Å². The van der Waals surface area contributed by atoms with Gasteiger partial charge < -0.3 is 14.2 Å². The molecule has 11 nitrogen and oxygen atoms in total. The van der Waals surface area contributed by atoms with Gasteiger partial charge in [-0.1, -0.05) is 32.0 Å². The summed E-state index contributed by atoms with van der Waals surface area (Å²) in [5, 5.41) is 9.12. The van der Waals surface area contributed by atoms with Crippen molar-refractivity contribution in [3.8, 4) is 40.6 Å². The van der Waals surface area contributed by atoms with Crippen molar-refractivity contribution in [2.75, 3.05) is 18.9 Å². The van der Waals surface area contributed by atoms with Gasteiger partial charge >= 0.3 is 0 Å². The van der Waals surface area contributed by atoms with E-state index in [1.807, 2.05) is 19.9 Å². The normalized spacial score (nSPS) is 11.1. The molecule has 0 saturated heterocycles. The largest absolute Gasteiger partial charge is 0.493 e. The number of rotatable bonds is 9. The van der Waals surface area contributed by atoms with Crippen LogP contribution in [-0.4, -0.2) is 42.6 Å². The van der Waals surface area contributed by atoms with E-state index in [1.54, 1.807) is 42.5 Å². The van der Waals surface area contributed by atoms with Crippen molar-refractivity contribution in [3.05, 3.63) is 72.2 Å². The van der Waals surface area contributed by atoms with Crippen LogP contribution in [0.25, 0.3) is 11.4 Å². The Labute approximate surface area is 220 Å². The number of pyridine rings is 2. The minimum absolute atomic E-state index is 0.0565. The second-order valence-electron chi connectivity index (χ2n) is 8.19. The van der Waals surface area contributed by atoms with Crippen molar-refractivity contribution in [2.24, 2.45) is 0 Å². The van der Waals surface area contributed by atoms with Gasteiger partial charge in [0.15, 0.2) is 28.2 Å². The van der Waals surface area contributed by atoms with Gasteiger partial charge in [-0.25, -0.2) is 15.0 Å². The lowest BCUT2D eigenvalue weighted by Gasteiger charge is -2.18. The lowest BCUT2D eigenvalue weighted by molar-refractivity contribution is 0.348. The molecule has 0 aliphatic rings. The molecule has 1 N–H and O–H groups in total. The van der Waals surface area contributed by atoms with E-state index < -0.39 is 10.0 Å². The Morgan fingerprint density at radius 1 is 0.947 bits per heavy atom. The van der Waals surface area contributed by atoms with Crippen molar-refractivity contribution < 1.29 is 22.6 Å². The Kier molecular flexibility index (Phi) is 7.68. The summed E-state index contributed by atoms with van der Waals surface area (Å²) in [7, 11) is -1.40. The summed E-state index contributed by atoms with van der Waals surface area (Å²) in [4.78, 5) is 16.9. The smallest absolute Gasteiger partial charge is 0.280 e. The third kappa shape index (κ3) is 5.47. The van der Waals surface area contributed by atoms with Crippen LogP contribution in [0.4, 0.5) is 5.82 Å². The number of nitriles is 1. The van der Waals surface area contributed by atoms with E-state index >= 15 is 0 Å². The molecule has 38 heavy (non-hydrogen) atoms. The van der Waals surface area contributed by atoms with E-state index in [9.17, 15) is 13.7 Å². The first kappa shape index (κ1) is 26.3. The Bertz CT molecular complexity index is 1620. The van der Waals surface area contributed by atoms with Gasteiger partial charge in [0.2, 0.25) is 5.75 Å². The Hall–Kier alpha value is -4.76. The van der Waals surface area contributed by atoms with Crippen LogP contribution in [0.1, 0.15) is 31.0 Å². The summed E-state index contributed by atoms with van der Waals surface area (Å²) >= 11 is 0. The highest BCUT2D eigenvalue weighted by Gasteiger charge is 2.27. The lowest BCUT2D eigenvalue weighted by Crippen LogP contribution is -2.19. The summed E-state index contributed by atoms with van der Waals surface area (Å²) in [5.41, 5.74) is 1.08. The maximum Gasteiger partial charge on any atom is 0.280 e. The maximum atomic E-state index is 13.6. The number of nitrogens with one attached hydrogen (secondary N) is 1. The van der Waals surface area contributed by atoms with E-state index in [0.29, 0.717) is 16.9 Å². The quantitative estimate of drug-likeness (QED) is 0.325. The number of aromatic nitrogens is 4. The molecule has 0 aliphatic carbocycles. The monoisotopic (exact) mass is 532 g/mol. The van der Waals surface area contributed by atoms with E-state index in [0.717, 1.165) is 0 Å². The van der Waals surface area contributed by atoms with Gasteiger partial charge in [0, 0.05) is 18.0 Å². The van der Waals surface area contributed by atoms with E-state index in [1.165, 1.54) is 32.7 Å². The molecular formula is C26H24N6O5S. The fourth-order valence-electron chi connectivity index (χ4n) is 3.55. The highest BCUT2D eigenvalue weighted by atomic mass is 32.2. The zero-order valence-corrected chi connectivity index (χ0v) is 21.9. The van der Waals surface area contributed by atoms with Crippen molar-refractivity contribution in [1.29, 1.82) is 5.26 Å². The van der Waals surface area contributed by atoms with Crippen LogP contribution >= 0.6 is 0 Å². The van der Waals surface area contributed by atoms with Crippen molar-refractivity contribution in [2.45, 2.75) is 24.8 Å². The molecule has 0 atom stereocenters. The van der Waals surface area contributed by atoms with Gasteiger partial charge in [0.05, 0.1) is 14.2 Å². The van der Waals surface area contributed by atoms with E-state index in [4.69, 9.17) is 14.2 Å². The number of hydrogen-bond donors (Lipinski definition) is 1. The zero-order chi connectivity index (χ0) is 27.3. The first-order valence-corrected chi connectivity index (χ1v) is 12.9. The number of nitrogens with zero attached hydrogens (tertiary/aromatic N) is 5. The van der Waals surface area contributed by atoms with Gasteiger partial charge in [0.25, 0.3) is 15.9 Å². The van der Waals surface area contributed by atoms with Crippen molar-refractivity contribution >= 4 is 15.8 Å². The Morgan fingerprint density at radius 2 is 1.71 bits per heavy atom. The number of sulfonamides is 1. The van der Waals surface area contributed by atoms with Gasteiger partial charge in [0.1, 0.15) is 11.8 Å². The number of para-hydroxylation sites is 2. The van der Waals surface area contributed by atoms with Crippen LogP contribution in [0.15, 0.2) is 66.0 Å². The highest BCUT2D eigenvalue weighted by Crippen LogP contribution is 2.41. The Balaban J connectivity index is 1.91. The molecule has 0 saturated carbocycles. The topological polar surface area (TPSA) is 149 Å². The molecule has 12 heteroatoms. The molecule has 0 bridgehead atoms. The Morgan fingerprint density at radius 3 is 2.39 bits per heavy atom. The molecule has 3 aromatic heterocycles. The second-order valence-corrected chi connectivity index (χ2v) is 9.78. The summed E-state index contributed by atoms with van der Waals surface area (Å²) < 4.78 is 46.6. The molecule has 1 aromatic carbocycles. The summed E-state index contributed by atoms with van der Waals surface area (Å²) in [6.45, 7) is 3.74. The van der Waals surface area contributed by atoms with Gasteiger partial charge in [-0.05, 0) is 41.8 Å². The van der Waals surface area contributed by atoms with E-state index in [2.05, 4.69) is 24.7 Å². The molecule has 0 amide bonds. The standard InChI is InChI=1S/C26H24N6O5S/c1-16(2)19-8-7-12-29-26(19)38(33,34)32-24-22(37-21-10-6-5-9-20(21)35-3)25(36-4)31-23(30-24)17-11-13-28-18(14-17)15-27/h5-14,16H,1-4H3,(H,30,31,32). The molecule has 3 heterocycles. The molecule has 0 radical (unpaired) electrons. The van der Waals surface area contributed by atoms with Crippen LogP contribution in [-0.2, 0) is 10.0 Å². The van der Waals surface area contributed by atoms with Crippen LogP contribution in [0.5, 0.6) is 23.1 Å². The SMILES string of the molecule is COc1ccccc1Oc1c(NS(=O)(=O)c2ncccc2C(C)C)nc(-c2ccnc(C#N)c2)nc1OC. The van der Waals surface area contributed by atoms with Crippen molar-refractivity contribution in [3.63, 3.8) is 0 Å². The average molecular weight is 533 g/mol. The zero-order valence-electron chi connectivity index (χ0n) is 21.0. The van der Waals surface area contributed by atoms with Crippen LogP contribution < -0.4 is 18.9 Å². The minimum Gasteiger partial charge on any atom is -0.493 e. The molecule has 0 fully saturated rings. The first-order chi connectivity index (χ1) is 18.3. The molecule has 194 valence electrons. The first-order valence-electron chi connectivity index (χ1n) is 11.4. The molecule has 0 unspecified atom stereocenters. The second kappa shape index (κ2) is 11.1. The van der Waals surface area contributed by atoms with Gasteiger partial charge in [-0.15, -0.1) is 0 Å². The molecule has 0 spiro atoms. The molecular weight excluding hydrogens is 508 g/mol. The molecule has 0 aliphatic heterocycles. The van der Waals surface area contributed by atoms with Gasteiger partial charge in [-0.3, -0.25) is 4.72 Å². The average Bonchev–Trinajstić information content (AvgIpc) is 2.93. The number of benzene rings is 1. The fraction of sp³-hybridized carbons (Fsp3) is 0.192. The third-order valence-corrected chi connectivity index (χ3v) is 6.66. The highest BCUT2D eigenvalue weighted by molar-refractivity contribution is 7.92. The van der Waals surface area contributed by atoms with Crippen LogP contribution in [0, 0.1) is 11.3 Å².